The first kappa shape index (κ1) is 24.6. The Morgan fingerprint density at radius 1 is 1.18 bits per heavy atom. The van der Waals surface area contributed by atoms with Crippen LogP contribution in [-0.2, 0) is 21.1 Å². The third-order valence-corrected chi connectivity index (χ3v) is 7.42. The molecule has 2 fully saturated rings. The van der Waals surface area contributed by atoms with Gasteiger partial charge in [0, 0.05) is 23.6 Å². The van der Waals surface area contributed by atoms with E-state index in [0.29, 0.717) is 28.4 Å². The smallest absolute Gasteiger partial charge is 0.310 e. The molecule has 2 aliphatic rings. The van der Waals surface area contributed by atoms with E-state index in [2.05, 4.69) is 15.6 Å². The highest BCUT2D eigenvalue weighted by Gasteiger charge is 2.22. The van der Waals surface area contributed by atoms with Gasteiger partial charge in [0.25, 0.3) is 5.91 Å². The van der Waals surface area contributed by atoms with E-state index in [1.54, 1.807) is 28.3 Å². The van der Waals surface area contributed by atoms with Crippen LogP contribution in [0.1, 0.15) is 55.3 Å². The fourth-order valence-corrected chi connectivity index (χ4v) is 5.31. The van der Waals surface area contributed by atoms with Crippen molar-refractivity contribution in [3.63, 3.8) is 0 Å². The predicted octanol–water partition coefficient (Wildman–Crippen LogP) is 3.96. The normalized spacial score (nSPS) is 17.6. The quantitative estimate of drug-likeness (QED) is 0.556. The molecule has 1 aliphatic carbocycles. The Kier molecular flexibility index (Phi) is 8.53. The highest BCUT2D eigenvalue weighted by atomic mass is 35.5. The molecule has 0 unspecified atom stereocenters. The molecule has 2 amide bonds. The summed E-state index contributed by atoms with van der Waals surface area (Å²) in [5.41, 5.74) is 0.794. The molecule has 8 nitrogen and oxygen atoms in total. The Morgan fingerprint density at radius 3 is 2.68 bits per heavy atom. The summed E-state index contributed by atoms with van der Waals surface area (Å²) in [5, 5.41) is 8.13. The Morgan fingerprint density at radius 2 is 1.94 bits per heavy atom. The Hall–Kier alpha value is -2.49. The van der Waals surface area contributed by atoms with Gasteiger partial charge in [0.05, 0.1) is 16.6 Å². The van der Waals surface area contributed by atoms with Crippen molar-refractivity contribution in [2.45, 2.75) is 51.7 Å². The van der Waals surface area contributed by atoms with E-state index < -0.39 is 5.91 Å². The number of halogens is 1. The molecule has 0 atom stereocenters. The lowest BCUT2D eigenvalue weighted by molar-refractivity contribution is -0.153. The minimum absolute atomic E-state index is 0.00505. The summed E-state index contributed by atoms with van der Waals surface area (Å²) in [5.74, 6) is -0.408. The third-order valence-electron chi connectivity index (χ3n) is 6.31. The molecule has 1 aliphatic heterocycles. The van der Waals surface area contributed by atoms with E-state index in [4.69, 9.17) is 16.3 Å². The summed E-state index contributed by atoms with van der Waals surface area (Å²) in [6, 6.07) is 4.73. The van der Waals surface area contributed by atoms with Gasteiger partial charge in [-0.25, -0.2) is 0 Å². The van der Waals surface area contributed by atoms with Crippen molar-refractivity contribution in [3.8, 4) is 0 Å². The van der Waals surface area contributed by atoms with Crippen LogP contribution in [0.25, 0.3) is 0 Å². The molecule has 0 radical (unpaired) electrons. The highest BCUT2D eigenvalue weighted by Crippen LogP contribution is 2.29. The van der Waals surface area contributed by atoms with Crippen molar-refractivity contribution in [2.24, 2.45) is 16.8 Å². The Bertz CT molecular complexity index is 1100. The predicted molar refractivity (Wildman–Crippen MR) is 131 cm³/mol. The second kappa shape index (κ2) is 11.8. The lowest BCUT2D eigenvalue weighted by atomic mass is 9.99. The number of aromatic nitrogens is 1. The Labute approximate surface area is 207 Å². The molecule has 2 heterocycles. The monoisotopic (exact) mass is 504 g/mol. The average molecular weight is 505 g/mol. The van der Waals surface area contributed by atoms with Crippen LogP contribution in [0.5, 0.6) is 0 Å². The molecular weight excluding hydrogens is 476 g/mol. The number of esters is 1. The molecule has 1 saturated heterocycles. The van der Waals surface area contributed by atoms with Gasteiger partial charge in [0.1, 0.15) is 0 Å². The van der Waals surface area contributed by atoms with Crippen molar-refractivity contribution >= 4 is 46.4 Å². The molecule has 1 aromatic carbocycles. The van der Waals surface area contributed by atoms with Gasteiger partial charge >= 0.3 is 5.97 Å². The lowest BCUT2D eigenvalue weighted by Crippen LogP contribution is -2.33. The summed E-state index contributed by atoms with van der Waals surface area (Å²) in [6.07, 6.45) is 8.30. The zero-order chi connectivity index (χ0) is 23.9. The van der Waals surface area contributed by atoms with Gasteiger partial charge in [-0.1, -0.05) is 24.4 Å². The van der Waals surface area contributed by atoms with Crippen LogP contribution >= 0.6 is 22.9 Å². The van der Waals surface area contributed by atoms with Crippen molar-refractivity contribution < 1.29 is 19.1 Å². The number of thiazole rings is 1. The average Bonchev–Trinajstić information content (AvgIpc) is 3.51. The number of hydrogen-bond acceptors (Lipinski definition) is 6. The number of carbonyl (C=O) groups is 3. The second-order valence-electron chi connectivity index (χ2n) is 8.79. The molecule has 2 aromatic rings. The van der Waals surface area contributed by atoms with Gasteiger partial charge in [-0.2, -0.15) is 4.99 Å². The minimum atomic E-state index is -0.466. The Balaban J connectivity index is 1.37. The minimum Gasteiger partial charge on any atom is -0.444 e. The van der Waals surface area contributed by atoms with Gasteiger partial charge in [-0.15, -0.1) is 11.3 Å². The van der Waals surface area contributed by atoms with Gasteiger partial charge < -0.3 is 15.4 Å². The van der Waals surface area contributed by atoms with Gasteiger partial charge in [-0.3, -0.25) is 19.0 Å². The van der Waals surface area contributed by atoms with Crippen LogP contribution in [-0.4, -0.2) is 35.4 Å². The van der Waals surface area contributed by atoms with Gasteiger partial charge in [0.15, 0.2) is 11.5 Å². The van der Waals surface area contributed by atoms with Crippen LogP contribution in [0.3, 0.4) is 0 Å². The fraction of sp³-hybridized carbons (Fsp3) is 0.500. The molecule has 182 valence electrons. The summed E-state index contributed by atoms with van der Waals surface area (Å²) in [6.45, 7) is 1.63. The molecule has 4 rings (SSSR count). The second-order valence-corrected chi connectivity index (χ2v) is 10.1. The maximum Gasteiger partial charge on any atom is 0.310 e. The van der Waals surface area contributed by atoms with Crippen molar-refractivity contribution in [1.82, 2.24) is 9.88 Å². The number of piperidine rings is 1. The molecular formula is C24H29ClN4O4S. The number of ether oxygens (including phenoxy) is 1. The number of carbonyl (C=O) groups excluding carboxylic acids is 3. The summed E-state index contributed by atoms with van der Waals surface area (Å²) < 4.78 is 7.07. The number of rotatable bonds is 7. The third kappa shape index (κ3) is 6.55. The summed E-state index contributed by atoms with van der Waals surface area (Å²) in [7, 11) is 0. The number of anilines is 1. The number of benzene rings is 1. The molecule has 2 N–H and O–H groups in total. The zero-order valence-corrected chi connectivity index (χ0v) is 20.5. The van der Waals surface area contributed by atoms with Gasteiger partial charge in [0.2, 0.25) is 5.91 Å². The molecule has 34 heavy (non-hydrogen) atoms. The molecule has 0 spiro atoms. The number of hydrogen-bond donors (Lipinski definition) is 2. The van der Waals surface area contributed by atoms with Gasteiger partial charge in [-0.05, 0) is 62.9 Å². The van der Waals surface area contributed by atoms with Crippen molar-refractivity contribution in [3.05, 3.63) is 45.2 Å². The first-order chi connectivity index (χ1) is 16.5. The van der Waals surface area contributed by atoms with E-state index in [9.17, 15) is 14.4 Å². The number of nitrogens with one attached hydrogen (secondary N) is 2. The van der Waals surface area contributed by atoms with E-state index >= 15 is 0 Å². The highest BCUT2D eigenvalue weighted by molar-refractivity contribution is 7.07. The fourth-order valence-electron chi connectivity index (χ4n) is 4.37. The van der Waals surface area contributed by atoms with Crippen LogP contribution in [0, 0.1) is 11.8 Å². The largest absolute Gasteiger partial charge is 0.444 e. The zero-order valence-electron chi connectivity index (χ0n) is 18.9. The topological polar surface area (TPSA) is 102 Å². The number of amides is 2. The maximum absolute atomic E-state index is 12.7. The maximum atomic E-state index is 12.7. The summed E-state index contributed by atoms with van der Waals surface area (Å²) >= 11 is 7.61. The van der Waals surface area contributed by atoms with Crippen LogP contribution in [0.2, 0.25) is 5.02 Å². The van der Waals surface area contributed by atoms with E-state index in [1.807, 2.05) is 0 Å². The molecule has 1 aromatic heterocycles. The van der Waals surface area contributed by atoms with E-state index in [-0.39, 0.29) is 29.5 Å². The first-order valence-electron chi connectivity index (χ1n) is 11.7. The standard InChI is InChI=1S/C24H29ClN4O4S/c25-19-14-18(5-6-20(19)27-21(30)13-16-3-1-2-4-16)22(31)28-24-29(11-12-34-24)15-33-23(32)17-7-9-26-10-8-17/h5-6,11-12,14,16-17,26H,1-4,7-10,13,15H2,(H,27,30). The molecule has 10 heteroatoms. The SMILES string of the molecule is O=C(CC1CCCC1)Nc1ccc(C(=O)N=c2sccn2COC(=O)C2CCNCC2)cc1Cl. The lowest BCUT2D eigenvalue weighted by Gasteiger charge is -2.20. The first-order valence-corrected chi connectivity index (χ1v) is 12.9. The summed E-state index contributed by atoms with van der Waals surface area (Å²) in [4.78, 5) is 41.9. The number of nitrogens with zero attached hydrogens (tertiary/aromatic N) is 2. The van der Waals surface area contributed by atoms with Crippen LogP contribution in [0.4, 0.5) is 5.69 Å². The molecule has 1 saturated carbocycles. The van der Waals surface area contributed by atoms with E-state index in [0.717, 1.165) is 38.8 Å². The van der Waals surface area contributed by atoms with Crippen molar-refractivity contribution in [2.75, 3.05) is 18.4 Å². The van der Waals surface area contributed by atoms with E-state index in [1.165, 1.54) is 30.2 Å². The molecule has 0 bridgehead atoms. The van der Waals surface area contributed by atoms with Crippen LogP contribution < -0.4 is 15.4 Å². The van der Waals surface area contributed by atoms with Crippen LogP contribution in [0.15, 0.2) is 34.8 Å². The van der Waals surface area contributed by atoms with Crippen molar-refractivity contribution in [1.29, 1.82) is 0 Å².